The molecule has 0 amide bonds. The van der Waals surface area contributed by atoms with Gasteiger partial charge in [-0.1, -0.05) is 96.6 Å². The summed E-state index contributed by atoms with van der Waals surface area (Å²) in [6.07, 6.45) is 9.91. The average Bonchev–Trinajstić information content (AvgIpc) is 2.86. The van der Waals surface area contributed by atoms with E-state index >= 15 is 0 Å². The van der Waals surface area contributed by atoms with Crippen LogP contribution >= 0.6 is 0 Å². The van der Waals surface area contributed by atoms with E-state index in [4.69, 9.17) is 0 Å². The normalized spacial score (nSPS) is 12.8. The third kappa shape index (κ3) is 6.94. The summed E-state index contributed by atoms with van der Waals surface area (Å²) in [5.41, 5.74) is 3.40. The zero-order chi connectivity index (χ0) is 25.4. The van der Waals surface area contributed by atoms with Gasteiger partial charge in [-0.3, -0.25) is 9.69 Å². The highest BCUT2D eigenvalue weighted by Crippen LogP contribution is 2.31. The molecule has 0 aliphatic heterocycles. The SMILES string of the molecule is CCCCCCN(CCCCCC)C(C)C(=O)c1cc(C)c2ccc3cc(C(C)C)ccc3c2c1. The van der Waals surface area contributed by atoms with E-state index in [9.17, 15) is 4.79 Å². The number of rotatable bonds is 14. The molecule has 1 atom stereocenters. The molecule has 3 aromatic carbocycles. The van der Waals surface area contributed by atoms with Gasteiger partial charge >= 0.3 is 0 Å². The summed E-state index contributed by atoms with van der Waals surface area (Å²) in [5.74, 6) is 0.767. The van der Waals surface area contributed by atoms with Gasteiger partial charge < -0.3 is 0 Å². The maximum absolute atomic E-state index is 13.8. The van der Waals surface area contributed by atoms with Gasteiger partial charge in [-0.15, -0.1) is 0 Å². The molecule has 0 spiro atoms. The molecule has 1 unspecified atom stereocenters. The Labute approximate surface area is 214 Å². The van der Waals surface area contributed by atoms with Gasteiger partial charge in [-0.2, -0.15) is 0 Å². The van der Waals surface area contributed by atoms with Crippen molar-refractivity contribution in [3.8, 4) is 0 Å². The Bertz CT molecular complexity index is 1100. The molecule has 0 heterocycles. The number of carbonyl (C=O) groups is 1. The summed E-state index contributed by atoms with van der Waals surface area (Å²) < 4.78 is 0. The number of carbonyl (C=O) groups excluding carboxylic acids is 1. The van der Waals surface area contributed by atoms with Crippen molar-refractivity contribution in [3.63, 3.8) is 0 Å². The van der Waals surface area contributed by atoms with Crippen LogP contribution in [0.3, 0.4) is 0 Å². The molecule has 0 bridgehead atoms. The molecule has 0 saturated carbocycles. The number of benzene rings is 3. The van der Waals surface area contributed by atoms with Gasteiger partial charge in [-0.05, 0) is 90.5 Å². The van der Waals surface area contributed by atoms with Gasteiger partial charge in [0.15, 0.2) is 5.78 Å². The molecule has 0 aromatic heterocycles. The molecule has 0 aliphatic carbocycles. The molecule has 0 N–H and O–H groups in total. The van der Waals surface area contributed by atoms with Crippen molar-refractivity contribution in [1.82, 2.24) is 4.90 Å². The van der Waals surface area contributed by atoms with Gasteiger partial charge in [0.2, 0.25) is 0 Å². The van der Waals surface area contributed by atoms with E-state index in [-0.39, 0.29) is 11.8 Å². The largest absolute Gasteiger partial charge is 0.294 e. The molecule has 3 rings (SSSR count). The number of hydrogen-bond donors (Lipinski definition) is 0. The van der Waals surface area contributed by atoms with E-state index in [1.807, 2.05) is 0 Å². The summed E-state index contributed by atoms with van der Waals surface area (Å²) in [4.78, 5) is 16.2. The van der Waals surface area contributed by atoms with E-state index in [0.29, 0.717) is 5.92 Å². The van der Waals surface area contributed by atoms with E-state index in [1.165, 1.54) is 84.0 Å². The third-order valence-corrected chi connectivity index (χ3v) is 7.66. The molecule has 2 heteroatoms. The minimum Gasteiger partial charge on any atom is -0.294 e. The first-order chi connectivity index (χ1) is 16.9. The minimum absolute atomic E-state index is 0.0855. The lowest BCUT2D eigenvalue weighted by atomic mass is 9.92. The Morgan fingerprint density at radius 3 is 1.97 bits per heavy atom. The fourth-order valence-electron chi connectivity index (χ4n) is 5.27. The number of ketones is 1. The molecule has 35 heavy (non-hydrogen) atoms. The van der Waals surface area contributed by atoms with E-state index in [2.05, 4.69) is 88.9 Å². The second-order valence-electron chi connectivity index (χ2n) is 10.8. The highest BCUT2D eigenvalue weighted by atomic mass is 16.1. The zero-order valence-electron chi connectivity index (χ0n) is 23.1. The van der Waals surface area contributed by atoms with Crippen LogP contribution in [-0.2, 0) is 0 Å². The van der Waals surface area contributed by atoms with Crippen LogP contribution in [0.25, 0.3) is 21.5 Å². The maximum atomic E-state index is 13.8. The van der Waals surface area contributed by atoms with Gasteiger partial charge in [-0.25, -0.2) is 0 Å². The lowest BCUT2D eigenvalue weighted by Crippen LogP contribution is -2.40. The Hall–Kier alpha value is -2.19. The lowest BCUT2D eigenvalue weighted by molar-refractivity contribution is 0.0832. The van der Waals surface area contributed by atoms with Gasteiger partial charge in [0, 0.05) is 5.56 Å². The average molecular weight is 474 g/mol. The molecule has 0 saturated heterocycles. The lowest BCUT2D eigenvalue weighted by Gasteiger charge is -2.28. The monoisotopic (exact) mass is 473 g/mol. The van der Waals surface area contributed by atoms with Crippen molar-refractivity contribution in [3.05, 3.63) is 59.2 Å². The summed E-state index contributed by atoms with van der Waals surface area (Å²) in [6.45, 7) is 15.3. The summed E-state index contributed by atoms with van der Waals surface area (Å²) in [5, 5.41) is 4.95. The zero-order valence-corrected chi connectivity index (χ0v) is 23.1. The van der Waals surface area contributed by atoms with Gasteiger partial charge in [0.1, 0.15) is 0 Å². The molecule has 0 radical (unpaired) electrons. The number of hydrogen-bond acceptors (Lipinski definition) is 2. The number of aryl methyl sites for hydroxylation is 1. The summed E-state index contributed by atoms with van der Waals surface area (Å²) in [7, 11) is 0. The van der Waals surface area contributed by atoms with Crippen LogP contribution in [0.1, 0.15) is 113 Å². The van der Waals surface area contributed by atoms with Crippen LogP contribution in [0.4, 0.5) is 0 Å². The van der Waals surface area contributed by atoms with Crippen LogP contribution < -0.4 is 0 Å². The summed E-state index contributed by atoms with van der Waals surface area (Å²) >= 11 is 0. The molecular formula is C33H47NO. The van der Waals surface area contributed by atoms with Crippen molar-refractivity contribution >= 4 is 27.3 Å². The summed E-state index contributed by atoms with van der Waals surface area (Å²) in [6, 6.07) is 15.4. The van der Waals surface area contributed by atoms with Crippen molar-refractivity contribution < 1.29 is 4.79 Å². The molecule has 3 aromatic rings. The van der Waals surface area contributed by atoms with Gasteiger partial charge in [0.25, 0.3) is 0 Å². The Balaban J connectivity index is 1.90. The predicted molar refractivity (Wildman–Crippen MR) is 154 cm³/mol. The predicted octanol–water partition coefficient (Wildman–Crippen LogP) is 9.46. The number of nitrogens with zero attached hydrogens (tertiary/aromatic N) is 1. The third-order valence-electron chi connectivity index (χ3n) is 7.66. The topological polar surface area (TPSA) is 20.3 Å². The van der Waals surface area contributed by atoms with E-state index < -0.39 is 0 Å². The fraction of sp³-hybridized carbons (Fsp3) is 0.545. The van der Waals surface area contributed by atoms with Crippen LogP contribution in [0.15, 0.2) is 42.5 Å². The minimum atomic E-state index is -0.0855. The highest BCUT2D eigenvalue weighted by molar-refractivity contribution is 6.12. The first kappa shape index (κ1) is 27.4. The highest BCUT2D eigenvalue weighted by Gasteiger charge is 2.23. The number of unbranched alkanes of at least 4 members (excludes halogenated alkanes) is 6. The van der Waals surface area contributed by atoms with Crippen LogP contribution in [0.5, 0.6) is 0 Å². The first-order valence-corrected chi connectivity index (χ1v) is 14.1. The van der Waals surface area contributed by atoms with Crippen LogP contribution in [0.2, 0.25) is 0 Å². The van der Waals surface area contributed by atoms with Crippen molar-refractivity contribution in [2.24, 2.45) is 0 Å². The smallest absolute Gasteiger partial charge is 0.179 e. The molecule has 0 aliphatic rings. The molecule has 190 valence electrons. The second kappa shape index (κ2) is 13.2. The van der Waals surface area contributed by atoms with E-state index in [0.717, 1.165) is 18.7 Å². The Kier molecular flexibility index (Phi) is 10.3. The number of Topliss-reactive ketones (excluding diaryl/α,β-unsaturated/α-hetero) is 1. The maximum Gasteiger partial charge on any atom is 0.179 e. The van der Waals surface area contributed by atoms with Crippen molar-refractivity contribution in [2.75, 3.05) is 13.1 Å². The molecular weight excluding hydrogens is 426 g/mol. The standard InChI is InChI=1S/C33H47NO/c1-7-9-11-13-19-34(20-14-12-10-8-2)26(6)33(35)29-21-25(5)30-17-16-28-22-27(24(3)4)15-18-31(28)32(30)23-29/h15-18,21-24,26H,7-14,19-20H2,1-6H3. The Morgan fingerprint density at radius 1 is 0.743 bits per heavy atom. The Morgan fingerprint density at radius 2 is 1.37 bits per heavy atom. The van der Waals surface area contributed by atoms with Gasteiger partial charge in [0.05, 0.1) is 6.04 Å². The molecule has 0 fully saturated rings. The van der Waals surface area contributed by atoms with E-state index in [1.54, 1.807) is 0 Å². The van der Waals surface area contributed by atoms with Crippen molar-refractivity contribution in [2.45, 2.75) is 105 Å². The molecule has 2 nitrogen and oxygen atoms in total. The number of fused-ring (bicyclic) bond motifs is 3. The van der Waals surface area contributed by atoms with Crippen molar-refractivity contribution in [1.29, 1.82) is 0 Å². The first-order valence-electron chi connectivity index (χ1n) is 14.1. The van der Waals surface area contributed by atoms with Crippen LogP contribution in [-0.4, -0.2) is 29.8 Å². The fourth-order valence-corrected chi connectivity index (χ4v) is 5.27. The second-order valence-corrected chi connectivity index (χ2v) is 10.8. The quantitative estimate of drug-likeness (QED) is 0.132. The van der Waals surface area contributed by atoms with Crippen LogP contribution in [0, 0.1) is 6.92 Å².